The number of hydrogen-bond acceptors (Lipinski definition) is 6. The number of esters is 3. The van der Waals surface area contributed by atoms with Gasteiger partial charge in [-0.05, 0) is 116 Å². The third-order valence-corrected chi connectivity index (χ3v) is 9.04. The second-order valence-electron chi connectivity index (χ2n) is 14.9. The summed E-state index contributed by atoms with van der Waals surface area (Å²) in [6.45, 7) is 6.09. The predicted octanol–water partition coefficient (Wildman–Crippen LogP) is 15.9. The van der Waals surface area contributed by atoms with Crippen molar-refractivity contribution in [2.75, 3.05) is 13.2 Å². The highest BCUT2D eigenvalue weighted by molar-refractivity contribution is 5.71. The van der Waals surface area contributed by atoms with Crippen LogP contribution in [-0.4, -0.2) is 37.2 Å². The van der Waals surface area contributed by atoms with Crippen molar-refractivity contribution in [3.05, 3.63) is 158 Å². The van der Waals surface area contributed by atoms with E-state index in [0.717, 1.165) is 109 Å². The fourth-order valence-corrected chi connectivity index (χ4v) is 5.55. The third kappa shape index (κ3) is 47.9. The van der Waals surface area contributed by atoms with Crippen LogP contribution < -0.4 is 0 Å². The quantitative estimate of drug-likeness (QED) is 0.0264. The molecule has 63 heavy (non-hydrogen) atoms. The number of unbranched alkanes of at least 4 members (excludes halogenated alkanes) is 3. The Kier molecular flexibility index (Phi) is 45.8. The van der Waals surface area contributed by atoms with E-state index < -0.39 is 18.0 Å². The highest BCUT2D eigenvalue weighted by Crippen LogP contribution is 2.09. The summed E-state index contributed by atoms with van der Waals surface area (Å²) >= 11 is 0. The lowest BCUT2D eigenvalue weighted by Gasteiger charge is -2.18. The highest BCUT2D eigenvalue weighted by atomic mass is 16.6. The number of rotatable bonds is 40. The smallest absolute Gasteiger partial charge is 0.306 e. The van der Waals surface area contributed by atoms with Crippen molar-refractivity contribution in [2.24, 2.45) is 0 Å². The maximum atomic E-state index is 12.7. The minimum absolute atomic E-state index is 0.154. The summed E-state index contributed by atoms with van der Waals surface area (Å²) in [7, 11) is 0. The van der Waals surface area contributed by atoms with Gasteiger partial charge in [0.1, 0.15) is 13.2 Å². The van der Waals surface area contributed by atoms with Crippen LogP contribution in [0.1, 0.15) is 162 Å². The fraction of sp³-hybridized carbons (Fsp3) is 0.491. The van der Waals surface area contributed by atoms with E-state index in [4.69, 9.17) is 14.2 Å². The van der Waals surface area contributed by atoms with Gasteiger partial charge in [0.15, 0.2) is 6.10 Å². The largest absolute Gasteiger partial charge is 0.462 e. The first-order chi connectivity index (χ1) is 31.0. The van der Waals surface area contributed by atoms with E-state index in [2.05, 4.69) is 154 Å². The van der Waals surface area contributed by atoms with Gasteiger partial charge in [-0.25, -0.2) is 0 Å². The molecule has 0 aromatic rings. The number of carbonyl (C=O) groups excluding carboxylic acids is 3. The molecule has 0 saturated carbocycles. The molecule has 348 valence electrons. The van der Waals surface area contributed by atoms with E-state index in [1.807, 2.05) is 24.3 Å². The Bertz CT molecular complexity index is 1510. The molecule has 0 spiro atoms. The van der Waals surface area contributed by atoms with E-state index in [1.165, 1.54) is 0 Å². The standard InChI is InChI=1S/C57H84O6/c1-4-7-10-13-16-19-22-25-26-27-28-29-30-33-35-38-41-44-47-50-56(59)62-53-54(63-57(60)51-48-45-42-39-36-32-24-21-18-15-12-9-6-3)52-61-55(58)49-46-43-40-37-34-31-23-20-17-14-11-8-5-2/h7-12,16-21,25-26,28-29,31-36,40,42-43,45,54H,4-6,13-15,22-24,27,30,37-39,41,44,46-53H2,1-3H3/b10-7-,11-8-,12-9-,19-16-,20-17-,21-18-,26-25-,29-28-,34-31-,35-33-,36-32-,43-40-,45-42-. The molecule has 6 nitrogen and oxygen atoms in total. The van der Waals surface area contributed by atoms with Gasteiger partial charge in [-0.2, -0.15) is 0 Å². The fourth-order valence-electron chi connectivity index (χ4n) is 5.55. The monoisotopic (exact) mass is 865 g/mol. The molecular weight excluding hydrogens is 781 g/mol. The number of carbonyl (C=O) groups is 3. The summed E-state index contributed by atoms with van der Waals surface area (Å²) in [5.41, 5.74) is 0. The van der Waals surface area contributed by atoms with Crippen LogP contribution in [0.2, 0.25) is 0 Å². The maximum absolute atomic E-state index is 12.7. The van der Waals surface area contributed by atoms with E-state index in [9.17, 15) is 14.4 Å². The Labute approximate surface area is 384 Å². The zero-order valence-corrected chi connectivity index (χ0v) is 39.5. The normalized spacial score (nSPS) is 13.5. The van der Waals surface area contributed by atoms with Gasteiger partial charge < -0.3 is 14.2 Å². The molecule has 0 bridgehead atoms. The van der Waals surface area contributed by atoms with E-state index in [-0.39, 0.29) is 38.4 Å². The van der Waals surface area contributed by atoms with E-state index in [0.29, 0.717) is 12.8 Å². The van der Waals surface area contributed by atoms with Crippen molar-refractivity contribution in [2.45, 2.75) is 168 Å². The molecule has 0 aliphatic heterocycles. The predicted molar refractivity (Wildman–Crippen MR) is 269 cm³/mol. The molecule has 1 unspecified atom stereocenters. The molecule has 0 aliphatic carbocycles. The molecule has 0 fully saturated rings. The van der Waals surface area contributed by atoms with Crippen LogP contribution in [0.4, 0.5) is 0 Å². The first-order valence-corrected chi connectivity index (χ1v) is 24.0. The van der Waals surface area contributed by atoms with E-state index in [1.54, 1.807) is 0 Å². The first-order valence-electron chi connectivity index (χ1n) is 24.0. The topological polar surface area (TPSA) is 78.9 Å². The lowest BCUT2D eigenvalue weighted by Crippen LogP contribution is -2.30. The van der Waals surface area contributed by atoms with Crippen molar-refractivity contribution in [3.63, 3.8) is 0 Å². The second kappa shape index (κ2) is 49.7. The summed E-state index contributed by atoms with van der Waals surface area (Å²) < 4.78 is 16.6. The zero-order valence-electron chi connectivity index (χ0n) is 39.5. The molecule has 0 aromatic heterocycles. The minimum atomic E-state index is -0.865. The van der Waals surface area contributed by atoms with Crippen molar-refractivity contribution >= 4 is 17.9 Å². The summed E-state index contributed by atoms with van der Waals surface area (Å²) in [5.74, 6) is -1.17. The van der Waals surface area contributed by atoms with Gasteiger partial charge in [-0.1, -0.05) is 185 Å². The van der Waals surface area contributed by atoms with Crippen molar-refractivity contribution in [3.8, 4) is 0 Å². The molecule has 0 aliphatic rings. The molecule has 6 heteroatoms. The average Bonchev–Trinajstić information content (AvgIpc) is 3.28. The van der Waals surface area contributed by atoms with Crippen LogP contribution >= 0.6 is 0 Å². The van der Waals surface area contributed by atoms with Crippen LogP contribution in [0.3, 0.4) is 0 Å². The van der Waals surface area contributed by atoms with Crippen LogP contribution in [0.15, 0.2) is 158 Å². The Morgan fingerprint density at radius 2 is 0.603 bits per heavy atom. The van der Waals surface area contributed by atoms with Gasteiger partial charge in [0, 0.05) is 19.3 Å². The SMILES string of the molecule is CC/C=C\C/C=C\C/C=C\C/C=C\C/C=C\CCCCCC(=O)OCC(COC(=O)CC/C=C\C/C=C\C/C=C\C/C=C\CC)OC(=O)CC/C=C\C/C=C\C/C=C\C/C=C\CC. The molecule has 0 heterocycles. The van der Waals surface area contributed by atoms with Crippen LogP contribution in [0, 0.1) is 0 Å². The number of ether oxygens (including phenoxy) is 3. The summed E-state index contributed by atoms with van der Waals surface area (Å²) in [6, 6.07) is 0. The second-order valence-corrected chi connectivity index (χ2v) is 14.9. The van der Waals surface area contributed by atoms with Crippen LogP contribution in [-0.2, 0) is 28.6 Å². The Morgan fingerprint density at radius 3 is 0.952 bits per heavy atom. The molecule has 0 amide bonds. The summed E-state index contributed by atoms with van der Waals surface area (Å²) in [4.78, 5) is 37.8. The molecule has 1 atom stereocenters. The number of allylic oxidation sites excluding steroid dienone is 26. The zero-order chi connectivity index (χ0) is 45.8. The van der Waals surface area contributed by atoms with Crippen LogP contribution in [0.5, 0.6) is 0 Å². The summed E-state index contributed by atoms with van der Waals surface area (Å²) in [6.07, 6.45) is 72.6. The van der Waals surface area contributed by atoms with Gasteiger partial charge in [-0.15, -0.1) is 0 Å². The van der Waals surface area contributed by atoms with E-state index >= 15 is 0 Å². The molecule has 0 aromatic carbocycles. The van der Waals surface area contributed by atoms with Crippen molar-refractivity contribution in [1.29, 1.82) is 0 Å². The molecule has 0 rings (SSSR count). The number of hydrogen-bond donors (Lipinski definition) is 0. The maximum Gasteiger partial charge on any atom is 0.306 e. The van der Waals surface area contributed by atoms with Gasteiger partial charge >= 0.3 is 17.9 Å². The van der Waals surface area contributed by atoms with Crippen LogP contribution in [0.25, 0.3) is 0 Å². The first kappa shape index (κ1) is 58.0. The Hall–Kier alpha value is -4.97. The molecule has 0 N–H and O–H groups in total. The minimum Gasteiger partial charge on any atom is -0.462 e. The Balaban J connectivity index is 4.64. The average molecular weight is 865 g/mol. The Morgan fingerprint density at radius 1 is 0.317 bits per heavy atom. The van der Waals surface area contributed by atoms with Crippen molar-refractivity contribution < 1.29 is 28.6 Å². The molecular formula is C57H84O6. The van der Waals surface area contributed by atoms with Crippen molar-refractivity contribution in [1.82, 2.24) is 0 Å². The third-order valence-electron chi connectivity index (χ3n) is 9.04. The van der Waals surface area contributed by atoms with Gasteiger partial charge in [-0.3, -0.25) is 14.4 Å². The lowest BCUT2D eigenvalue weighted by atomic mass is 10.1. The summed E-state index contributed by atoms with van der Waals surface area (Å²) in [5, 5.41) is 0. The highest BCUT2D eigenvalue weighted by Gasteiger charge is 2.19. The van der Waals surface area contributed by atoms with Gasteiger partial charge in [0.25, 0.3) is 0 Å². The lowest BCUT2D eigenvalue weighted by molar-refractivity contribution is -0.166. The molecule has 0 radical (unpaired) electrons. The van der Waals surface area contributed by atoms with Gasteiger partial charge in [0.05, 0.1) is 0 Å². The van der Waals surface area contributed by atoms with Gasteiger partial charge in [0.2, 0.25) is 0 Å². The molecule has 0 saturated heterocycles.